The highest BCUT2D eigenvalue weighted by molar-refractivity contribution is 8.02. The van der Waals surface area contributed by atoms with Crippen molar-refractivity contribution in [2.75, 3.05) is 0 Å². The minimum absolute atomic E-state index is 0.0719. The second-order valence-corrected chi connectivity index (χ2v) is 7.62. The summed E-state index contributed by atoms with van der Waals surface area (Å²) in [5, 5.41) is 25.0. The van der Waals surface area contributed by atoms with Crippen molar-refractivity contribution < 1.29 is 9.72 Å². The van der Waals surface area contributed by atoms with E-state index in [9.17, 15) is 20.2 Å². The number of non-ortho nitro benzene ring substituents is 1. The third-order valence-corrected chi connectivity index (χ3v) is 5.76. The van der Waals surface area contributed by atoms with Gasteiger partial charge < -0.3 is 5.32 Å². The zero-order valence-corrected chi connectivity index (χ0v) is 16.8. The molecule has 0 radical (unpaired) electrons. The summed E-state index contributed by atoms with van der Waals surface area (Å²) in [4.78, 5) is 23.1. The molecular formula is C22H19N3O3S. The van der Waals surface area contributed by atoms with E-state index in [0.717, 1.165) is 5.56 Å². The second kappa shape index (κ2) is 8.76. The number of benzene rings is 2. The van der Waals surface area contributed by atoms with Gasteiger partial charge in [-0.1, -0.05) is 42.5 Å². The van der Waals surface area contributed by atoms with Crippen molar-refractivity contribution in [2.45, 2.75) is 25.5 Å². The van der Waals surface area contributed by atoms with Crippen molar-refractivity contribution in [1.82, 2.24) is 5.32 Å². The van der Waals surface area contributed by atoms with Crippen LogP contribution in [0.25, 0.3) is 0 Å². The van der Waals surface area contributed by atoms with Crippen LogP contribution in [0.2, 0.25) is 0 Å². The molecule has 1 atom stereocenters. The van der Waals surface area contributed by atoms with E-state index in [4.69, 9.17) is 0 Å². The van der Waals surface area contributed by atoms with E-state index >= 15 is 0 Å². The molecule has 2 aromatic carbocycles. The summed E-state index contributed by atoms with van der Waals surface area (Å²) in [5.74, 6) is -0.165. The fourth-order valence-corrected chi connectivity index (χ4v) is 4.42. The third-order valence-electron chi connectivity index (χ3n) is 4.67. The first-order valence-corrected chi connectivity index (χ1v) is 9.95. The monoisotopic (exact) mass is 405 g/mol. The lowest BCUT2D eigenvalue weighted by Crippen LogP contribution is -2.27. The minimum Gasteiger partial charge on any atom is -0.353 e. The standard InChI is InChI=1S/C22H19N3O3S/c1-14-20(15(2)26)21(17-9-6-10-18(11-17)25(27)28)19(12-23)22(24-14)29-13-16-7-4-3-5-8-16/h3-11,21,24H,13H2,1-2H3/t21-/m0/s1. The van der Waals surface area contributed by atoms with Gasteiger partial charge >= 0.3 is 0 Å². The van der Waals surface area contributed by atoms with Gasteiger partial charge in [-0.3, -0.25) is 14.9 Å². The molecule has 2 aromatic rings. The number of allylic oxidation sites excluding steroid dienone is 3. The molecule has 0 saturated carbocycles. The number of dihydropyridines is 1. The number of nitro groups is 1. The topological polar surface area (TPSA) is 96.0 Å². The van der Waals surface area contributed by atoms with Crippen molar-refractivity contribution in [1.29, 1.82) is 5.26 Å². The molecule has 29 heavy (non-hydrogen) atoms. The average Bonchev–Trinajstić information content (AvgIpc) is 2.72. The molecule has 1 heterocycles. The van der Waals surface area contributed by atoms with E-state index in [1.165, 1.54) is 30.8 Å². The minimum atomic E-state index is -0.642. The maximum atomic E-state index is 12.4. The molecule has 3 rings (SSSR count). The third kappa shape index (κ3) is 4.39. The molecule has 0 fully saturated rings. The maximum absolute atomic E-state index is 12.4. The second-order valence-electron chi connectivity index (χ2n) is 6.63. The number of hydrogen-bond acceptors (Lipinski definition) is 6. The number of rotatable bonds is 6. The van der Waals surface area contributed by atoms with E-state index < -0.39 is 10.8 Å². The predicted molar refractivity (Wildman–Crippen MR) is 113 cm³/mol. The summed E-state index contributed by atoms with van der Waals surface area (Å²) in [5.41, 5.74) is 3.09. The van der Waals surface area contributed by atoms with Crippen LogP contribution in [-0.2, 0) is 10.5 Å². The number of nitriles is 1. The largest absolute Gasteiger partial charge is 0.353 e. The first-order chi connectivity index (χ1) is 13.9. The molecule has 1 aliphatic heterocycles. The quantitative estimate of drug-likeness (QED) is 0.547. The number of nitrogens with zero attached hydrogens (tertiary/aromatic N) is 2. The lowest BCUT2D eigenvalue weighted by molar-refractivity contribution is -0.384. The Morgan fingerprint density at radius 2 is 1.97 bits per heavy atom. The van der Waals surface area contributed by atoms with Crippen molar-refractivity contribution in [3.63, 3.8) is 0 Å². The molecule has 0 saturated heterocycles. The van der Waals surface area contributed by atoms with Gasteiger partial charge in [0, 0.05) is 29.2 Å². The van der Waals surface area contributed by atoms with E-state index in [-0.39, 0.29) is 11.5 Å². The number of nitrogens with one attached hydrogen (secondary N) is 1. The van der Waals surface area contributed by atoms with Gasteiger partial charge in [-0.15, -0.1) is 11.8 Å². The van der Waals surface area contributed by atoms with E-state index in [2.05, 4.69) is 11.4 Å². The van der Waals surface area contributed by atoms with Gasteiger partial charge in [-0.2, -0.15) is 5.26 Å². The Bertz CT molecular complexity index is 1070. The fraction of sp³-hybridized carbons (Fsp3) is 0.182. The van der Waals surface area contributed by atoms with Crippen LogP contribution in [0.1, 0.15) is 30.9 Å². The van der Waals surface area contributed by atoms with Gasteiger partial charge in [0.05, 0.1) is 27.5 Å². The first kappa shape index (κ1) is 20.4. The van der Waals surface area contributed by atoms with Gasteiger partial charge in [-0.05, 0) is 25.0 Å². The summed E-state index contributed by atoms with van der Waals surface area (Å²) in [6, 6.07) is 18.2. The molecule has 1 aliphatic rings. The normalized spacial score (nSPS) is 16.2. The van der Waals surface area contributed by atoms with Crippen molar-refractivity contribution in [2.24, 2.45) is 0 Å². The Labute approximate surface area is 173 Å². The van der Waals surface area contributed by atoms with E-state index in [1.807, 2.05) is 30.3 Å². The van der Waals surface area contributed by atoms with Gasteiger partial charge in [-0.25, -0.2) is 0 Å². The summed E-state index contributed by atoms with van der Waals surface area (Å²) < 4.78 is 0. The highest BCUT2D eigenvalue weighted by Crippen LogP contribution is 2.42. The molecule has 0 unspecified atom stereocenters. The summed E-state index contributed by atoms with van der Waals surface area (Å²) in [6.45, 7) is 3.24. The molecule has 0 aliphatic carbocycles. The lowest BCUT2D eigenvalue weighted by Gasteiger charge is -2.29. The van der Waals surface area contributed by atoms with E-state index in [0.29, 0.717) is 33.2 Å². The molecule has 7 heteroatoms. The van der Waals surface area contributed by atoms with Crippen molar-refractivity contribution >= 4 is 23.2 Å². The predicted octanol–water partition coefficient (Wildman–Crippen LogP) is 4.81. The van der Waals surface area contributed by atoms with Gasteiger partial charge in [0.15, 0.2) is 5.78 Å². The van der Waals surface area contributed by atoms with Gasteiger partial charge in [0.25, 0.3) is 5.69 Å². The molecule has 1 N–H and O–H groups in total. The van der Waals surface area contributed by atoms with Crippen LogP contribution in [0.15, 0.2) is 76.5 Å². The molecule has 0 aromatic heterocycles. The summed E-state index contributed by atoms with van der Waals surface area (Å²) in [7, 11) is 0. The van der Waals surface area contributed by atoms with Gasteiger partial charge in [0.2, 0.25) is 0 Å². The average molecular weight is 405 g/mol. The summed E-state index contributed by atoms with van der Waals surface area (Å²) >= 11 is 1.48. The number of carbonyl (C=O) groups is 1. The Balaban J connectivity index is 2.06. The zero-order valence-electron chi connectivity index (χ0n) is 16.0. The van der Waals surface area contributed by atoms with Crippen LogP contribution in [0.5, 0.6) is 0 Å². The Kier molecular flexibility index (Phi) is 6.15. The number of nitro benzene ring substituents is 1. The Hall–Kier alpha value is -3.37. The highest BCUT2D eigenvalue weighted by Gasteiger charge is 2.33. The highest BCUT2D eigenvalue weighted by atomic mass is 32.2. The van der Waals surface area contributed by atoms with Crippen LogP contribution in [0, 0.1) is 21.4 Å². The number of Topliss-reactive ketones (excluding diaryl/α,β-unsaturated/α-hetero) is 1. The Morgan fingerprint density at radius 1 is 1.24 bits per heavy atom. The maximum Gasteiger partial charge on any atom is 0.269 e. The van der Waals surface area contributed by atoms with Crippen LogP contribution in [0.3, 0.4) is 0 Å². The summed E-state index contributed by atoms with van der Waals surface area (Å²) in [6.07, 6.45) is 0. The van der Waals surface area contributed by atoms with Crippen LogP contribution in [0.4, 0.5) is 5.69 Å². The van der Waals surface area contributed by atoms with Gasteiger partial charge in [0.1, 0.15) is 0 Å². The van der Waals surface area contributed by atoms with Crippen LogP contribution >= 0.6 is 11.8 Å². The van der Waals surface area contributed by atoms with Crippen LogP contribution in [-0.4, -0.2) is 10.7 Å². The smallest absolute Gasteiger partial charge is 0.269 e. The van der Waals surface area contributed by atoms with Crippen molar-refractivity contribution in [3.05, 3.63) is 97.7 Å². The lowest BCUT2D eigenvalue weighted by atomic mass is 9.81. The number of thioether (sulfide) groups is 1. The number of ketones is 1. The SMILES string of the molecule is CC(=O)C1=C(C)NC(SCc2ccccc2)=C(C#N)[C@@H]1c1cccc([N+](=O)[O-])c1. The molecule has 0 bridgehead atoms. The molecule has 0 amide bonds. The zero-order chi connectivity index (χ0) is 21.0. The fourth-order valence-electron chi connectivity index (χ4n) is 3.37. The Morgan fingerprint density at radius 3 is 2.59 bits per heavy atom. The molecule has 146 valence electrons. The van der Waals surface area contributed by atoms with Crippen molar-refractivity contribution in [3.8, 4) is 6.07 Å². The molecule has 6 nitrogen and oxygen atoms in total. The molecule has 0 spiro atoms. The molecular weight excluding hydrogens is 386 g/mol. The number of carbonyl (C=O) groups excluding carboxylic acids is 1. The first-order valence-electron chi connectivity index (χ1n) is 8.96. The van der Waals surface area contributed by atoms with E-state index in [1.54, 1.807) is 19.1 Å². The van der Waals surface area contributed by atoms with Crippen LogP contribution < -0.4 is 5.32 Å². The number of hydrogen-bond donors (Lipinski definition) is 1.